The SMILES string of the molecule is CCN(CC)S(=O)(=O)c1ccc(C(=O)N=C2C=CC3C(=C2)NC(=O)C2=C3CCC2)cc1. The molecule has 2 amide bonds. The van der Waals surface area contributed by atoms with Crippen molar-refractivity contribution in [3.63, 3.8) is 0 Å². The molecule has 0 radical (unpaired) electrons. The second-order valence-electron chi connectivity index (χ2n) is 7.70. The van der Waals surface area contributed by atoms with E-state index in [1.807, 2.05) is 6.08 Å². The maximum Gasteiger partial charge on any atom is 0.277 e. The van der Waals surface area contributed by atoms with Gasteiger partial charge in [0.1, 0.15) is 0 Å². The van der Waals surface area contributed by atoms with Gasteiger partial charge in [-0.15, -0.1) is 0 Å². The van der Waals surface area contributed by atoms with Crippen LogP contribution in [0.3, 0.4) is 0 Å². The minimum absolute atomic E-state index is 0.0498. The highest BCUT2D eigenvalue weighted by atomic mass is 32.2. The van der Waals surface area contributed by atoms with Crippen LogP contribution in [0, 0.1) is 5.92 Å². The van der Waals surface area contributed by atoms with E-state index < -0.39 is 15.9 Å². The standard InChI is InChI=1S/C23H25N3O4S/c1-3-26(4-2)31(29,30)17-11-8-15(9-12-17)22(27)24-16-10-13-19-18-6-5-7-20(18)23(28)25-21(19)14-16/h8-14,19H,3-7H2,1-2H3,(H,25,28). The number of hydrogen-bond donors (Lipinski definition) is 1. The first-order chi connectivity index (χ1) is 14.8. The fourth-order valence-corrected chi connectivity index (χ4v) is 5.78. The van der Waals surface area contributed by atoms with Crippen molar-refractivity contribution in [2.75, 3.05) is 13.1 Å². The largest absolute Gasteiger partial charge is 0.325 e. The second kappa shape index (κ2) is 8.36. The normalized spacial score (nSPS) is 21.8. The van der Waals surface area contributed by atoms with Gasteiger partial charge in [0, 0.05) is 35.8 Å². The highest BCUT2D eigenvalue weighted by molar-refractivity contribution is 7.89. The topological polar surface area (TPSA) is 95.9 Å². The Hall–Kier alpha value is -2.84. The Labute approximate surface area is 182 Å². The highest BCUT2D eigenvalue weighted by Crippen LogP contribution is 2.39. The summed E-state index contributed by atoms with van der Waals surface area (Å²) in [5.74, 6) is -0.473. The van der Waals surface area contributed by atoms with Gasteiger partial charge in [0.25, 0.3) is 11.8 Å². The van der Waals surface area contributed by atoms with E-state index in [2.05, 4.69) is 10.3 Å². The molecule has 1 atom stereocenters. The molecular formula is C23H25N3O4S. The van der Waals surface area contributed by atoms with Gasteiger partial charge >= 0.3 is 0 Å². The van der Waals surface area contributed by atoms with Gasteiger partial charge in [-0.3, -0.25) is 9.59 Å². The maximum atomic E-state index is 12.6. The summed E-state index contributed by atoms with van der Waals surface area (Å²) in [7, 11) is -3.58. The van der Waals surface area contributed by atoms with E-state index in [0.29, 0.717) is 24.4 Å². The summed E-state index contributed by atoms with van der Waals surface area (Å²) in [6.07, 6.45) is 8.24. The Morgan fingerprint density at radius 3 is 2.55 bits per heavy atom. The van der Waals surface area contributed by atoms with Crippen molar-refractivity contribution in [3.05, 3.63) is 64.9 Å². The Bertz CT molecular complexity index is 1150. The van der Waals surface area contributed by atoms with Gasteiger partial charge < -0.3 is 5.32 Å². The highest BCUT2D eigenvalue weighted by Gasteiger charge is 2.34. The number of allylic oxidation sites excluding steroid dienone is 3. The molecule has 162 valence electrons. The molecule has 7 nitrogen and oxygen atoms in total. The molecule has 0 saturated heterocycles. The third-order valence-corrected chi connectivity index (χ3v) is 8.00. The molecule has 1 unspecified atom stereocenters. The fraction of sp³-hybridized carbons (Fsp3) is 0.348. The molecule has 0 bridgehead atoms. The van der Waals surface area contributed by atoms with Crippen LogP contribution in [0.25, 0.3) is 0 Å². The molecule has 0 aromatic heterocycles. The zero-order valence-corrected chi connectivity index (χ0v) is 18.4. The average Bonchev–Trinajstić information content (AvgIpc) is 3.25. The minimum atomic E-state index is -3.58. The lowest BCUT2D eigenvalue weighted by Crippen LogP contribution is -2.35. The van der Waals surface area contributed by atoms with Crippen molar-refractivity contribution >= 4 is 27.5 Å². The van der Waals surface area contributed by atoms with E-state index >= 15 is 0 Å². The number of amides is 2. The van der Waals surface area contributed by atoms with Crippen LogP contribution in [0.15, 0.2) is 69.2 Å². The number of hydrogen-bond acceptors (Lipinski definition) is 4. The molecule has 1 aromatic rings. The zero-order chi connectivity index (χ0) is 22.2. The lowest BCUT2D eigenvalue weighted by molar-refractivity contribution is -0.117. The first kappa shape index (κ1) is 21.4. The summed E-state index contributed by atoms with van der Waals surface area (Å²) < 4.78 is 26.5. The molecule has 8 heteroatoms. The lowest BCUT2D eigenvalue weighted by Gasteiger charge is -2.28. The van der Waals surface area contributed by atoms with Crippen molar-refractivity contribution in [2.45, 2.75) is 38.0 Å². The summed E-state index contributed by atoms with van der Waals surface area (Å²) in [5, 5.41) is 2.93. The van der Waals surface area contributed by atoms with Crippen molar-refractivity contribution in [2.24, 2.45) is 10.9 Å². The quantitative estimate of drug-likeness (QED) is 0.763. The number of fused-ring (bicyclic) bond motifs is 2. The predicted molar refractivity (Wildman–Crippen MR) is 118 cm³/mol. The van der Waals surface area contributed by atoms with Gasteiger partial charge in [0.2, 0.25) is 10.0 Å². The first-order valence-corrected chi connectivity index (χ1v) is 12.0. The van der Waals surface area contributed by atoms with E-state index in [1.165, 1.54) is 34.1 Å². The molecule has 31 heavy (non-hydrogen) atoms. The Kier molecular flexibility index (Phi) is 5.77. The summed E-state index contributed by atoms with van der Waals surface area (Å²) in [6, 6.07) is 5.82. The molecule has 0 fully saturated rings. The monoisotopic (exact) mass is 439 g/mol. The fourth-order valence-electron chi connectivity index (χ4n) is 4.32. The lowest BCUT2D eigenvalue weighted by atomic mass is 9.85. The van der Waals surface area contributed by atoms with E-state index in [-0.39, 0.29) is 16.7 Å². The number of nitrogens with zero attached hydrogens (tertiary/aromatic N) is 2. The van der Waals surface area contributed by atoms with E-state index in [9.17, 15) is 18.0 Å². The smallest absolute Gasteiger partial charge is 0.277 e. The number of carbonyl (C=O) groups is 2. The number of benzene rings is 1. The van der Waals surface area contributed by atoms with Crippen LogP contribution < -0.4 is 5.32 Å². The van der Waals surface area contributed by atoms with Crippen LogP contribution in [-0.4, -0.2) is 43.3 Å². The van der Waals surface area contributed by atoms with Crippen LogP contribution in [0.1, 0.15) is 43.5 Å². The summed E-state index contributed by atoms with van der Waals surface area (Å²) in [5.41, 5.74) is 3.57. The Morgan fingerprint density at radius 2 is 1.87 bits per heavy atom. The molecule has 0 spiro atoms. The zero-order valence-electron chi connectivity index (χ0n) is 17.6. The van der Waals surface area contributed by atoms with Crippen LogP contribution in [0.4, 0.5) is 0 Å². The minimum Gasteiger partial charge on any atom is -0.325 e. The first-order valence-electron chi connectivity index (χ1n) is 10.5. The number of carbonyl (C=O) groups excluding carboxylic acids is 2. The number of sulfonamides is 1. The van der Waals surface area contributed by atoms with Crippen LogP contribution in [0.5, 0.6) is 0 Å². The van der Waals surface area contributed by atoms with Gasteiger partial charge in [0.15, 0.2) is 0 Å². The molecule has 1 N–H and O–H groups in total. The van der Waals surface area contributed by atoms with Gasteiger partial charge in [-0.1, -0.05) is 19.9 Å². The molecule has 1 aromatic carbocycles. The predicted octanol–water partition coefficient (Wildman–Crippen LogP) is 2.98. The van der Waals surface area contributed by atoms with Crippen LogP contribution in [0.2, 0.25) is 0 Å². The number of aliphatic imine (C=N–C) groups is 1. The summed E-state index contributed by atoms with van der Waals surface area (Å²) >= 11 is 0. The van der Waals surface area contributed by atoms with E-state index in [4.69, 9.17) is 0 Å². The van der Waals surface area contributed by atoms with Gasteiger partial charge in [-0.2, -0.15) is 4.31 Å². The number of nitrogens with one attached hydrogen (secondary N) is 1. The second-order valence-corrected chi connectivity index (χ2v) is 9.64. The summed E-state index contributed by atoms with van der Waals surface area (Å²) in [6.45, 7) is 4.32. The Morgan fingerprint density at radius 1 is 1.16 bits per heavy atom. The van der Waals surface area contributed by atoms with Crippen LogP contribution >= 0.6 is 0 Å². The Balaban J connectivity index is 1.54. The van der Waals surface area contributed by atoms with E-state index in [0.717, 1.165) is 30.5 Å². The maximum absolute atomic E-state index is 12.6. The van der Waals surface area contributed by atoms with Crippen molar-refractivity contribution in [1.29, 1.82) is 0 Å². The van der Waals surface area contributed by atoms with Gasteiger partial charge in [-0.05, 0) is 61.3 Å². The molecular weight excluding hydrogens is 414 g/mol. The summed E-state index contributed by atoms with van der Waals surface area (Å²) in [4.78, 5) is 29.2. The molecule has 1 heterocycles. The molecule has 4 rings (SSSR count). The van der Waals surface area contributed by atoms with Crippen molar-refractivity contribution in [3.8, 4) is 0 Å². The van der Waals surface area contributed by atoms with Gasteiger partial charge in [-0.25, -0.2) is 13.4 Å². The van der Waals surface area contributed by atoms with Crippen molar-refractivity contribution < 1.29 is 18.0 Å². The number of rotatable bonds is 5. The van der Waals surface area contributed by atoms with Crippen LogP contribution in [-0.2, 0) is 14.8 Å². The third kappa shape index (κ3) is 3.93. The van der Waals surface area contributed by atoms with E-state index in [1.54, 1.807) is 26.0 Å². The third-order valence-electron chi connectivity index (χ3n) is 5.94. The average molecular weight is 440 g/mol. The van der Waals surface area contributed by atoms with Gasteiger partial charge in [0.05, 0.1) is 10.6 Å². The molecule has 0 saturated carbocycles. The van der Waals surface area contributed by atoms with Crippen molar-refractivity contribution in [1.82, 2.24) is 9.62 Å². The molecule has 2 aliphatic carbocycles. The molecule has 1 aliphatic heterocycles. The molecule has 3 aliphatic rings.